The average Bonchev–Trinajstić information content (AvgIpc) is 3.22. The van der Waals surface area contributed by atoms with Crippen LogP contribution >= 0.6 is 0 Å². The SMILES string of the molecule is CC(=O)Oc1ccc([C@@H]2Nc3ccc4ccccc4c3[C@H]3C=CC[C@H]32)c(OC(C)=O)c1. The highest BCUT2D eigenvalue weighted by Crippen LogP contribution is 2.53. The zero-order valence-electron chi connectivity index (χ0n) is 17.4. The van der Waals surface area contributed by atoms with E-state index in [0.29, 0.717) is 11.5 Å². The van der Waals surface area contributed by atoms with Gasteiger partial charge in [-0.2, -0.15) is 0 Å². The molecule has 0 saturated carbocycles. The molecule has 3 aromatic carbocycles. The first kappa shape index (κ1) is 19.4. The Labute approximate surface area is 180 Å². The van der Waals surface area contributed by atoms with Gasteiger partial charge < -0.3 is 14.8 Å². The van der Waals surface area contributed by atoms with Crippen molar-refractivity contribution in [2.24, 2.45) is 5.92 Å². The van der Waals surface area contributed by atoms with E-state index in [-0.39, 0.29) is 17.9 Å². The summed E-state index contributed by atoms with van der Waals surface area (Å²) in [5, 5.41) is 6.20. The topological polar surface area (TPSA) is 64.6 Å². The van der Waals surface area contributed by atoms with Gasteiger partial charge >= 0.3 is 11.9 Å². The van der Waals surface area contributed by atoms with Crippen LogP contribution in [0.2, 0.25) is 0 Å². The van der Waals surface area contributed by atoms with Gasteiger partial charge in [-0.05, 0) is 46.9 Å². The van der Waals surface area contributed by atoms with E-state index in [9.17, 15) is 9.59 Å². The number of anilines is 1. The predicted molar refractivity (Wildman–Crippen MR) is 119 cm³/mol. The standard InChI is InChI=1S/C26H23NO4/c1-15(28)30-18-11-12-22(24(14-18)31-16(2)29)26-21-9-5-8-20(21)25-19-7-4-3-6-17(19)10-13-23(25)27-26/h3-8,10-14,20-21,26-27H,9H2,1-2H3/t20-,21+,26+/m0/s1. The minimum Gasteiger partial charge on any atom is -0.427 e. The lowest BCUT2D eigenvalue weighted by Gasteiger charge is -2.38. The van der Waals surface area contributed by atoms with Crippen molar-refractivity contribution in [1.29, 1.82) is 0 Å². The number of hydrogen-bond donors (Lipinski definition) is 1. The normalized spacial score (nSPS) is 21.2. The summed E-state index contributed by atoms with van der Waals surface area (Å²) in [7, 11) is 0. The van der Waals surface area contributed by atoms with E-state index in [0.717, 1.165) is 17.7 Å². The van der Waals surface area contributed by atoms with Gasteiger partial charge in [0.15, 0.2) is 0 Å². The molecule has 1 aliphatic heterocycles. The Morgan fingerprint density at radius 1 is 0.968 bits per heavy atom. The average molecular weight is 413 g/mol. The number of benzene rings is 3. The highest BCUT2D eigenvalue weighted by molar-refractivity contribution is 5.92. The molecular weight excluding hydrogens is 390 g/mol. The second-order valence-corrected chi connectivity index (χ2v) is 8.11. The molecule has 5 nitrogen and oxygen atoms in total. The lowest BCUT2D eigenvalue weighted by atomic mass is 9.75. The first-order chi connectivity index (χ1) is 15.0. The predicted octanol–water partition coefficient (Wildman–Crippen LogP) is 5.52. The number of carbonyl (C=O) groups is 2. The summed E-state index contributed by atoms with van der Waals surface area (Å²) in [6, 6.07) is 17.9. The van der Waals surface area contributed by atoms with Crippen molar-refractivity contribution in [3.8, 4) is 11.5 Å². The molecule has 0 unspecified atom stereocenters. The number of rotatable bonds is 3. The van der Waals surface area contributed by atoms with E-state index in [1.54, 1.807) is 12.1 Å². The van der Waals surface area contributed by atoms with Gasteiger partial charge in [0.2, 0.25) is 0 Å². The van der Waals surface area contributed by atoms with Crippen molar-refractivity contribution in [3.05, 3.63) is 77.9 Å². The Kier molecular flexibility index (Phi) is 4.74. The molecule has 5 heteroatoms. The van der Waals surface area contributed by atoms with Crippen molar-refractivity contribution < 1.29 is 19.1 Å². The molecule has 0 saturated heterocycles. The Hall–Kier alpha value is -3.60. The summed E-state index contributed by atoms with van der Waals surface area (Å²) in [4.78, 5) is 23.2. The minimum atomic E-state index is -0.418. The third kappa shape index (κ3) is 3.46. The smallest absolute Gasteiger partial charge is 0.308 e. The van der Waals surface area contributed by atoms with E-state index >= 15 is 0 Å². The van der Waals surface area contributed by atoms with Gasteiger partial charge in [0.05, 0.1) is 6.04 Å². The van der Waals surface area contributed by atoms with E-state index in [1.165, 1.54) is 30.2 Å². The number of ether oxygens (including phenoxy) is 2. The van der Waals surface area contributed by atoms with Gasteiger partial charge in [-0.3, -0.25) is 9.59 Å². The fourth-order valence-corrected chi connectivity index (χ4v) is 4.93. The van der Waals surface area contributed by atoms with Crippen molar-refractivity contribution >= 4 is 28.4 Å². The molecule has 31 heavy (non-hydrogen) atoms. The number of carbonyl (C=O) groups excluding carboxylic acids is 2. The second kappa shape index (κ2) is 7.58. The number of fused-ring (bicyclic) bond motifs is 5. The van der Waals surface area contributed by atoms with Crippen molar-refractivity contribution in [1.82, 2.24) is 0 Å². The summed E-state index contributed by atoms with van der Waals surface area (Å²) in [6.45, 7) is 2.72. The van der Waals surface area contributed by atoms with Crippen LogP contribution in [-0.4, -0.2) is 11.9 Å². The largest absolute Gasteiger partial charge is 0.427 e. The van der Waals surface area contributed by atoms with Crippen LogP contribution in [0.5, 0.6) is 11.5 Å². The summed E-state index contributed by atoms with van der Waals surface area (Å²) in [5.74, 6) is 0.495. The van der Waals surface area contributed by atoms with Crippen LogP contribution in [0.4, 0.5) is 5.69 Å². The highest BCUT2D eigenvalue weighted by Gasteiger charge is 2.40. The Morgan fingerprint density at radius 3 is 2.58 bits per heavy atom. The fraction of sp³-hybridized carbons (Fsp3) is 0.231. The summed E-state index contributed by atoms with van der Waals surface area (Å²) in [5.41, 5.74) is 3.29. The van der Waals surface area contributed by atoms with Gasteiger partial charge in [-0.1, -0.05) is 42.5 Å². The molecule has 0 bridgehead atoms. The Balaban J connectivity index is 1.61. The van der Waals surface area contributed by atoms with Crippen LogP contribution in [0.3, 0.4) is 0 Å². The fourth-order valence-electron chi connectivity index (χ4n) is 4.93. The minimum absolute atomic E-state index is 0.0469. The van der Waals surface area contributed by atoms with Gasteiger partial charge in [-0.25, -0.2) is 0 Å². The van der Waals surface area contributed by atoms with Crippen molar-refractivity contribution in [3.63, 3.8) is 0 Å². The van der Waals surface area contributed by atoms with Crippen LogP contribution in [-0.2, 0) is 9.59 Å². The van der Waals surface area contributed by atoms with Gasteiger partial charge in [0, 0.05) is 37.1 Å². The van der Waals surface area contributed by atoms with Crippen molar-refractivity contribution in [2.75, 3.05) is 5.32 Å². The molecule has 3 atom stereocenters. The van der Waals surface area contributed by atoms with Gasteiger partial charge in [0.25, 0.3) is 0 Å². The zero-order valence-corrected chi connectivity index (χ0v) is 17.4. The quantitative estimate of drug-likeness (QED) is 0.348. The lowest BCUT2D eigenvalue weighted by molar-refractivity contribution is -0.132. The molecule has 0 aromatic heterocycles. The molecule has 3 aromatic rings. The molecule has 5 rings (SSSR count). The van der Waals surface area contributed by atoms with Crippen LogP contribution in [0.1, 0.15) is 43.4 Å². The van der Waals surface area contributed by atoms with E-state index in [1.807, 2.05) is 6.07 Å². The van der Waals surface area contributed by atoms with Crippen LogP contribution in [0.15, 0.2) is 66.7 Å². The first-order valence-corrected chi connectivity index (χ1v) is 10.5. The Morgan fingerprint density at radius 2 is 1.77 bits per heavy atom. The van der Waals surface area contributed by atoms with Crippen LogP contribution in [0, 0.1) is 5.92 Å². The number of hydrogen-bond acceptors (Lipinski definition) is 5. The zero-order chi connectivity index (χ0) is 21.5. The third-order valence-electron chi connectivity index (χ3n) is 6.09. The lowest BCUT2D eigenvalue weighted by Crippen LogP contribution is -2.29. The maximum Gasteiger partial charge on any atom is 0.308 e. The summed E-state index contributed by atoms with van der Waals surface area (Å²) < 4.78 is 10.7. The Bertz CT molecular complexity index is 1230. The number of esters is 2. The number of allylic oxidation sites excluding steroid dienone is 2. The van der Waals surface area contributed by atoms with Crippen molar-refractivity contribution in [2.45, 2.75) is 32.2 Å². The molecule has 1 N–H and O–H groups in total. The molecule has 0 fully saturated rings. The molecular formula is C26H23NO4. The highest BCUT2D eigenvalue weighted by atomic mass is 16.5. The van der Waals surface area contributed by atoms with E-state index in [4.69, 9.17) is 9.47 Å². The van der Waals surface area contributed by atoms with E-state index < -0.39 is 11.9 Å². The molecule has 1 heterocycles. The van der Waals surface area contributed by atoms with Crippen LogP contribution < -0.4 is 14.8 Å². The molecule has 1 aliphatic carbocycles. The molecule has 0 spiro atoms. The third-order valence-corrected chi connectivity index (χ3v) is 6.09. The maximum atomic E-state index is 11.8. The maximum absolute atomic E-state index is 11.8. The molecule has 156 valence electrons. The second-order valence-electron chi connectivity index (χ2n) is 8.11. The summed E-state index contributed by atoms with van der Waals surface area (Å²) >= 11 is 0. The van der Waals surface area contributed by atoms with E-state index in [2.05, 4.69) is 53.9 Å². The number of nitrogens with one attached hydrogen (secondary N) is 1. The van der Waals surface area contributed by atoms with Gasteiger partial charge in [0.1, 0.15) is 11.5 Å². The first-order valence-electron chi connectivity index (χ1n) is 10.5. The van der Waals surface area contributed by atoms with Gasteiger partial charge in [-0.15, -0.1) is 0 Å². The summed E-state index contributed by atoms with van der Waals surface area (Å²) in [6.07, 6.45) is 5.46. The molecule has 0 radical (unpaired) electrons. The molecule has 0 amide bonds. The monoisotopic (exact) mass is 413 g/mol. The molecule has 2 aliphatic rings. The van der Waals surface area contributed by atoms with Crippen LogP contribution in [0.25, 0.3) is 10.8 Å².